The zero-order valence-corrected chi connectivity index (χ0v) is 10.7. The highest BCUT2D eigenvalue weighted by Crippen LogP contribution is 2.19. The van der Waals surface area contributed by atoms with E-state index >= 15 is 0 Å². The van der Waals surface area contributed by atoms with Crippen molar-refractivity contribution in [3.8, 4) is 0 Å². The normalized spacial score (nSPS) is 16.8. The van der Waals surface area contributed by atoms with Gasteiger partial charge in [0, 0.05) is 0 Å². The maximum absolute atomic E-state index is 5.55. The highest BCUT2D eigenvalue weighted by molar-refractivity contribution is 9.47. The van der Waals surface area contributed by atoms with Crippen molar-refractivity contribution in [1.29, 1.82) is 0 Å². The van der Waals surface area contributed by atoms with Crippen molar-refractivity contribution in [2.24, 2.45) is 0 Å². The van der Waals surface area contributed by atoms with Crippen LogP contribution in [0.1, 0.15) is 32.1 Å². The molecule has 1 aliphatic rings. The minimum absolute atomic E-state index is 0.0417. The van der Waals surface area contributed by atoms with Crippen molar-refractivity contribution >= 4 is 41.8 Å². The van der Waals surface area contributed by atoms with Gasteiger partial charge in [-0.2, -0.15) is 0 Å². The Kier molecular flexibility index (Phi) is 9.82. The van der Waals surface area contributed by atoms with Crippen molar-refractivity contribution in [2.45, 2.75) is 32.1 Å². The van der Waals surface area contributed by atoms with E-state index in [1.165, 1.54) is 37.7 Å². The minimum atomic E-state index is 0.0417. The molecule has 1 fully saturated rings. The van der Waals surface area contributed by atoms with Gasteiger partial charge in [-0.15, -0.1) is 0 Å². The molecule has 0 aliphatic heterocycles. The van der Waals surface area contributed by atoms with Gasteiger partial charge in [-0.3, -0.25) is 25.8 Å². The second kappa shape index (κ2) is 8.56. The van der Waals surface area contributed by atoms with Gasteiger partial charge in [-0.05, 0) is 25.7 Å². The molecule has 0 aromatic heterocycles. The maximum Gasteiger partial charge on any atom is 0.560 e. The number of hydrogen-bond donors (Lipinski definition) is 0. The van der Waals surface area contributed by atoms with E-state index < -0.39 is 0 Å². The third kappa shape index (κ3) is 7.57. The van der Waals surface area contributed by atoms with Gasteiger partial charge >= 0.3 is 16.0 Å². The number of allylic oxidation sites excluding steroid dienone is 1. The van der Waals surface area contributed by atoms with E-state index in [4.69, 9.17) is 6.58 Å². The molecule has 0 aromatic carbocycles. The zero-order valence-electron chi connectivity index (χ0n) is 6.08. The second-order valence-corrected chi connectivity index (χ2v) is 10.4. The predicted octanol–water partition coefficient (Wildman–Crippen LogP) is 3.62. The molecule has 10 heavy (non-hydrogen) atoms. The van der Waals surface area contributed by atoms with E-state index in [2.05, 4.69) is 25.8 Å². The Morgan fingerprint density at radius 3 is 1.70 bits per heavy atom. The second-order valence-electron chi connectivity index (χ2n) is 2.32. The van der Waals surface area contributed by atoms with Crippen molar-refractivity contribution in [3.63, 3.8) is 0 Å². The molecular formula is C7H11Br2Mg. The van der Waals surface area contributed by atoms with Crippen LogP contribution in [0.5, 0.6) is 0 Å². The molecule has 0 heterocycles. The van der Waals surface area contributed by atoms with Crippen molar-refractivity contribution in [2.75, 3.05) is 0 Å². The van der Waals surface area contributed by atoms with Crippen molar-refractivity contribution in [1.82, 2.24) is 0 Å². The molecule has 55 valence electrons. The minimum Gasteiger partial charge on any atom is -0.280 e. The fourth-order valence-electron chi connectivity index (χ4n) is 1.01. The van der Waals surface area contributed by atoms with Crippen LogP contribution < -0.4 is 0 Å². The molecule has 0 spiro atoms. The molecule has 0 aromatic rings. The van der Waals surface area contributed by atoms with Crippen LogP contribution in [0.2, 0.25) is 0 Å². The lowest BCUT2D eigenvalue weighted by atomic mass is 9.97. The summed E-state index contributed by atoms with van der Waals surface area (Å²) in [4.78, 5) is 0. The van der Waals surface area contributed by atoms with E-state index in [-0.39, 0.29) is 16.0 Å². The van der Waals surface area contributed by atoms with Crippen LogP contribution in [-0.2, 0) is 0 Å². The van der Waals surface area contributed by atoms with Gasteiger partial charge in [0.1, 0.15) is 0 Å². The summed E-state index contributed by atoms with van der Waals surface area (Å²) in [6, 6.07) is 0. The Labute approximate surface area is 85.3 Å². The third-order valence-corrected chi connectivity index (χ3v) is 1.50. The molecule has 3 heteroatoms. The Hall–Kier alpha value is 1.47. The molecular weight excluding hydrogens is 268 g/mol. The van der Waals surface area contributed by atoms with Crippen LogP contribution in [0.3, 0.4) is 0 Å². The summed E-state index contributed by atoms with van der Waals surface area (Å²) in [7, 11) is 0. The number of hydrogen-bond acceptors (Lipinski definition) is 0. The monoisotopic (exact) mass is 277 g/mol. The summed E-state index contributed by atoms with van der Waals surface area (Å²) >= 11 is 6.44. The highest BCUT2D eigenvalue weighted by atomic mass is 79.9. The molecule has 0 bridgehead atoms. The lowest BCUT2D eigenvalue weighted by molar-refractivity contribution is 0.600. The molecule has 1 saturated carbocycles. The first-order chi connectivity index (χ1) is 4.81. The quantitative estimate of drug-likeness (QED) is 0.594. The van der Waals surface area contributed by atoms with Crippen LogP contribution in [-0.4, -0.2) is 16.0 Å². The van der Waals surface area contributed by atoms with Crippen molar-refractivity contribution < 1.29 is 0 Å². The zero-order chi connectivity index (χ0) is 7.82. The smallest absolute Gasteiger partial charge is 0.280 e. The number of rotatable bonds is 0. The Morgan fingerprint density at radius 2 is 1.50 bits per heavy atom. The molecule has 0 amide bonds. The molecule has 1 aliphatic carbocycles. The fraction of sp³-hybridized carbons (Fsp3) is 0.714. The van der Waals surface area contributed by atoms with Gasteiger partial charge in [-0.1, -0.05) is 18.6 Å². The Balaban J connectivity index is 0.000000236. The fourth-order valence-corrected chi connectivity index (χ4v) is 1.01. The number of halogens is 2. The first kappa shape index (κ1) is 11.5. The van der Waals surface area contributed by atoms with Gasteiger partial charge < -0.3 is 0 Å². The Bertz CT molecular complexity index is 85.6. The van der Waals surface area contributed by atoms with Gasteiger partial charge in [-0.25, -0.2) is 0 Å². The molecule has 0 saturated heterocycles. The lowest BCUT2D eigenvalue weighted by Crippen LogP contribution is -1.90. The summed E-state index contributed by atoms with van der Waals surface area (Å²) in [5, 5.41) is 0. The van der Waals surface area contributed by atoms with Crippen LogP contribution in [0.15, 0.2) is 5.57 Å². The summed E-state index contributed by atoms with van der Waals surface area (Å²) in [6.45, 7) is 5.55. The predicted molar refractivity (Wildman–Crippen MR) is 54.5 cm³/mol. The average molecular weight is 279 g/mol. The summed E-state index contributed by atoms with van der Waals surface area (Å²) in [6.07, 6.45) is 6.40. The standard InChI is InChI=1S/C7H11.2BrH.Mg/c1-7-5-3-2-4-6-7;;;/h1H,2-6H2;2*1H;/q;;;+2/p-2. The maximum atomic E-state index is 5.55. The summed E-state index contributed by atoms with van der Waals surface area (Å²) < 4.78 is 0. The van der Waals surface area contributed by atoms with Gasteiger partial charge in [0.25, 0.3) is 0 Å². The van der Waals surface area contributed by atoms with Gasteiger partial charge in [0.2, 0.25) is 0 Å². The third-order valence-electron chi connectivity index (χ3n) is 1.50. The van der Waals surface area contributed by atoms with Crippen LogP contribution in [0, 0.1) is 6.58 Å². The first-order valence-corrected chi connectivity index (χ1v) is 11.3. The van der Waals surface area contributed by atoms with Crippen molar-refractivity contribution in [3.05, 3.63) is 12.2 Å². The SMILES string of the molecule is [Br][Mg][Br].[CH]=C1CCCCC1. The molecule has 0 N–H and O–H groups in total. The lowest BCUT2D eigenvalue weighted by Gasteiger charge is -2.09. The summed E-state index contributed by atoms with van der Waals surface area (Å²) in [5.74, 6) is 0. The topological polar surface area (TPSA) is 0 Å². The molecule has 0 unspecified atom stereocenters. The van der Waals surface area contributed by atoms with Gasteiger partial charge in [0.15, 0.2) is 0 Å². The largest absolute Gasteiger partial charge is 0.560 e. The summed E-state index contributed by atoms with van der Waals surface area (Å²) in [5.41, 5.74) is 1.21. The highest BCUT2D eigenvalue weighted by Gasteiger charge is 2.00. The van der Waals surface area contributed by atoms with E-state index in [0.717, 1.165) is 0 Å². The van der Waals surface area contributed by atoms with Crippen LogP contribution >= 0.6 is 25.8 Å². The average Bonchev–Trinajstić information content (AvgIpc) is 1.91. The van der Waals surface area contributed by atoms with E-state index in [9.17, 15) is 0 Å². The van der Waals surface area contributed by atoms with Crippen LogP contribution in [0.4, 0.5) is 0 Å². The first-order valence-electron chi connectivity index (χ1n) is 3.53. The molecule has 0 nitrogen and oxygen atoms in total. The van der Waals surface area contributed by atoms with Gasteiger partial charge in [0.05, 0.1) is 0 Å². The molecule has 1 rings (SSSR count). The molecule has 1 radical (unpaired) electrons. The Morgan fingerprint density at radius 1 is 1.10 bits per heavy atom. The van der Waals surface area contributed by atoms with E-state index in [1.807, 2.05) is 0 Å². The molecule has 0 atom stereocenters. The van der Waals surface area contributed by atoms with Crippen LogP contribution in [0.25, 0.3) is 0 Å². The van der Waals surface area contributed by atoms with E-state index in [0.29, 0.717) is 0 Å². The van der Waals surface area contributed by atoms with E-state index in [1.54, 1.807) is 0 Å².